The maximum atomic E-state index is 12.3. The van der Waals surface area contributed by atoms with Gasteiger partial charge >= 0.3 is 0 Å². The zero-order valence-electron chi connectivity index (χ0n) is 9.74. The van der Waals surface area contributed by atoms with Crippen molar-refractivity contribution in [3.63, 3.8) is 0 Å². The Hall–Kier alpha value is -0.670. The monoisotopic (exact) mass is 237 g/mol. The Morgan fingerprint density at radius 2 is 2.06 bits per heavy atom. The lowest BCUT2D eigenvalue weighted by molar-refractivity contribution is 0.0899. The fraction of sp³-hybridized carbons (Fsp3) is 0.615. The molecule has 1 heterocycles. The first-order valence-electron chi connectivity index (χ1n) is 6.04. The van der Waals surface area contributed by atoms with Crippen molar-refractivity contribution in [3.05, 3.63) is 21.9 Å². The average Bonchev–Trinajstić information content (AvgIpc) is 2.57. The Kier molecular flexibility index (Phi) is 3.77. The van der Waals surface area contributed by atoms with Gasteiger partial charge in [0, 0.05) is 16.8 Å². The third-order valence-electron chi connectivity index (χ3n) is 3.39. The van der Waals surface area contributed by atoms with Crippen LogP contribution in [0.4, 0.5) is 0 Å². The molecule has 2 N–H and O–H groups in total. The standard InChI is InChI=1S/C13H19NOS/c1-9-7-8-12(16-9)13(15)10-5-3-2-4-6-11(10)14/h7-8,10-11H,2-6,14H2,1H3. The predicted molar refractivity (Wildman–Crippen MR) is 67.9 cm³/mol. The van der Waals surface area contributed by atoms with Gasteiger partial charge < -0.3 is 5.73 Å². The van der Waals surface area contributed by atoms with Crippen LogP contribution >= 0.6 is 11.3 Å². The maximum Gasteiger partial charge on any atom is 0.177 e. The predicted octanol–water partition coefficient (Wildman–Crippen LogP) is 3.15. The summed E-state index contributed by atoms with van der Waals surface area (Å²) >= 11 is 1.59. The summed E-state index contributed by atoms with van der Waals surface area (Å²) < 4.78 is 0. The second-order valence-corrected chi connectivity index (χ2v) is 5.97. The summed E-state index contributed by atoms with van der Waals surface area (Å²) in [5.74, 6) is 0.327. The Morgan fingerprint density at radius 1 is 1.31 bits per heavy atom. The molecule has 1 aliphatic carbocycles. The van der Waals surface area contributed by atoms with Gasteiger partial charge in [-0.1, -0.05) is 19.3 Å². The van der Waals surface area contributed by atoms with Gasteiger partial charge in [-0.15, -0.1) is 11.3 Å². The van der Waals surface area contributed by atoms with Crippen molar-refractivity contribution in [3.8, 4) is 0 Å². The van der Waals surface area contributed by atoms with Crippen LogP contribution in [0, 0.1) is 12.8 Å². The third-order valence-corrected chi connectivity index (χ3v) is 4.40. The Morgan fingerprint density at radius 3 is 2.75 bits per heavy atom. The Labute approximate surface area is 101 Å². The average molecular weight is 237 g/mol. The van der Waals surface area contributed by atoms with Crippen LogP contribution in [0.2, 0.25) is 0 Å². The molecule has 2 unspecified atom stereocenters. The van der Waals surface area contributed by atoms with E-state index in [0.717, 1.165) is 24.1 Å². The lowest BCUT2D eigenvalue weighted by Crippen LogP contribution is -2.34. The van der Waals surface area contributed by atoms with Gasteiger partial charge in [-0.05, 0) is 31.9 Å². The van der Waals surface area contributed by atoms with E-state index < -0.39 is 0 Å². The van der Waals surface area contributed by atoms with Crippen LogP contribution in [0.25, 0.3) is 0 Å². The van der Waals surface area contributed by atoms with Crippen LogP contribution < -0.4 is 5.73 Å². The zero-order valence-corrected chi connectivity index (χ0v) is 10.6. The summed E-state index contributed by atoms with van der Waals surface area (Å²) in [6.45, 7) is 2.04. The fourth-order valence-corrected chi connectivity index (χ4v) is 3.28. The number of carbonyl (C=O) groups excluding carboxylic acids is 1. The lowest BCUT2D eigenvalue weighted by atomic mass is 9.90. The quantitative estimate of drug-likeness (QED) is 0.634. The highest BCUT2D eigenvalue weighted by atomic mass is 32.1. The summed E-state index contributed by atoms with van der Waals surface area (Å²) in [5, 5.41) is 0. The van der Waals surface area contributed by atoms with E-state index in [9.17, 15) is 4.79 Å². The zero-order chi connectivity index (χ0) is 11.5. The highest BCUT2D eigenvalue weighted by Gasteiger charge is 2.28. The molecule has 2 rings (SSSR count). The van der Waals surface area contributed by atoms with Gasteiger partial charge in [-0.25, -0.2) is 0 Å². The molecule has 0 spiro atoms. The van der Waals surface area contributed by atoms with E-state index in [1.165, 1.54) is 17.7 Å². The Bertz CT molecular complexity index is 372. The molecule has 0 amide bonds. The highest BCUT2D eigenvalue weighted by molar-refractivity contribution is 7.14. The second kappa shape index (κ2) is 5.11. The van der Waals surface area contributed by atoms with Gasteiger partial charge in [0.2, 0.25) is 0 Å². The van der Waals surface area contributed by atoms with Crippen molar-refractivity contribution in [2.75, 3.05) is 0 Å². The van der Waals surface area contributed by atoms with Gasteiger partial charge in [0.25, 0.3) is 0 Å². The van der Waals surface area contributed by atoms with Crippen LogP contribution in [0.3, 0.4) is 0 Å². The largest absolute Gasteiger partial charge is 0.327 e. The van der Waals surface area contributed by atoms with Crippen LogP contribution in [0.1, 0.15) is 46.7 Å². The minimum atomic E-state index is 0.0561. The minimum Gasteiger partial charge on any atom is -0.327 e. The molecule has 0 radical (unpaired) electrons. The van der Waals surface area contributed by atoms with Gasteiger partial charge in [-0.2, -0.15) is 0 Å². The van der Waals surface area contributed by atoms with Crippen LogP contribution in [0.15, 0.2) is 12.1 Å². The molecule has 2 atom stereocenters. The molecule has 16 heavy (non-hydrogen) atoms. The molecule has 0 bridgehead atoms. The molecule has 0 saturated heterocycles. The molecule has 0 aromatic carbocycles. The first-order valence-corrected chi connectivity index (χ1v) is 6.86. The lowest BCUT2D eigenvalue weighted by Gasteiger charge is -2.19. The van der Waals surface area contributed by atoms with Crippen molar-refractivity contribution in [2.45, 2.75) is 45.1 Å². The number of Topliss-reactive ketones (excluding diaryl/α,β-unsaturated/α-hetero) is 1. The first-order chi connectivity index (χ1) is 7.68. The van der Waals surface area contributed by atoms with Crippen LogP contribution in [0.5, 0.6) is 0 Å². The van der Waals surface area contributed by atoms with Crippen molar-refractivity contribution < 1.29 is 4.79 Å². The second-order valence-electron chi connectivity index (χ2n) is 4.68. The summed E-state index contributed by atoms with van der Waals surface area (Å²) in [6, 6.07) is 4.03. The number of ketones is 1. The topological polar surface area (TPSA) is 43.1 Å². The normalized spacial score (nSPS) is 26.4. The molecule has 3 heteroatoms. The van der Waals surface area contributed by atoms with E-state index in [4.69, 9.17) is 5.73 Å². The van der Waals surface area contributed by atoms with Crippen LogP contribution in [-0.4, -0.2) is 11.8 Å². The molecule has 88 valence electrons. The van der Waals surface area contributed by atoms with Crippen molar-refractivity contribution in [2.24, 2.45) is 11.7 Å². The number of hydrogen-bond donors (Lipinski definition) is 1. The van der Waals surface area contributed by atoms with Gasteiger partial charge in [-0.3, -0.25) is 4.79 Å². The maximum absolute atomic E-state index is 12.3. The Balaban J connectivity index is 2.13. The van der Waals surface area contributed by atoms with E-state index in [0.29, 0.717) is 0 Å². The summed E-state index contributed by atoms with van der Waals surface area (Å²) in [4.78, 5) is 14.4. The van der Waals surface area contributed by atoms with E-state index in [1.807, 2.05) is 19.1 Å². The molecule has 0 aliphatic heterocycles. The van der Waals surface area contributed by atoms with Gasteiger partial charge in [0.15, 0.2) is 5.78 Å². The van der Waals surface area contributed by atoms with E-state index >= 15 is 0 Å². The molecule has 1 fully saturated rings. The van der Waals surface area contributed by atoms with E-state index in [-0.39, 0.29) is 17.7 Å². The third kappa shape index (κ3) is 2.53. The summed E-state index contributed by atoms with van der Waals surface area (Å²) in [7, 11) is 0. The molecule has 2 nitrogen and oxygen atoms in total. The summed E-state index contributed by atoms with van der Waals surface area (Å²) in [5.41, 5.74) is 6.11. The number of aryl methyl sites for hydroxylation is 1. The number of nitrogens with two attached hydrogens (primary N) is 1. The van der Waals surface area contributed by atoms with Gasteiger partial charge in [0.1, 0.15) is 0 Å². The van der Waals surface area contributed by atoms with Crippen molar-refractivity contribution in [1.29, 1.82) is 0 Å². The number of thiophene rings is 1. The van der Waals surface area contributed by atoms with E-state index in [2.05, 4.69) is 0 Å². The molecule has 1 saturated carbocycles. The number of rotatable bonds is 2. The molecular weight excluding hydrogens is 218 g/mol. The highest BCUT2D eigenvalue weighted by Crippen LogP contribution is 2.27. The van der Waals surface area contributed by atoms with Gasteiger partial charge in [0.05, 0.1) is 4.88 Å². The van der Waals surface area contributed by atoms with Crippen molar-refractivity contribution >= 4 is 17.1 Å². The minimum absolute atomic E-state index is 0.0561. The van der Waals surface area contributed by atoms with Crippen LogP contribution in [-0.2, 0) is 0 Å². The first kappa shape index (κ1) is 11.8. The SMILES string of the molecule is Cc1ccc(C(=O)C2CCCCCC2N)s1. The van der Waals surface area contributed by atoms with Crippen molar-refractivity contribution in [1.82, 2.24) is 0 Å². The summed E-state index contributed by atoms with van der Waals surface area (Å²) in [6.07, 6.45) is 5.52. The fourth-order valence-electron chi connectivity index (χ4n) is 2.41. The van der Waals surface area contributed by atoms with E-state index in [1.54, 1.807) is 11.3 Å². The number of carbonyl (C=O) groups is 1. The smallest absolute Gasteiger partial charge is 0.177 e. The molecule has 1 aromatic heterocycles. The molecule has 1 aromatic rings. The molecule has 1 aliphatic rings. The molecular formula is C13H19NOS. The number of hydrogen-bond acceptors (Lipinski definition) is 3.